The van der Waals surface area contributed by atoms with Gasteiger partial charge < -0.3 is 19.2 Å². The van der Waals surface area contributed by atoms with Gasteiger partial charge in [-0.2, -0.15) is 4.98 Å². The number of hydrogen-bond donors (Lipinski definition) is 1. The minimum Gasteiger partial charge on any atom is -0.497 e. The molecule has 0 aliphatic heterocycles. The molecule has 2 heterocycles. The number of ether oxygens (including phenoxy) is 3. The van der Waals surface area contributed by atoms with Gasteiger partial charge in [-0.25, -0.2) is 9.97 Å². The summed E-state index contributed by atoms with van der Waals surface area (Å²) in [6.45, 7) is 2.48. The maximum absolute atomic E-state index is 5.67. The summed E-state index contributed by atoms with van der Waals surface area (Å²) in [4.78, 5) is 15.9. The van der Waals surface area contributed by atoms with Gasteiger partial charge in [0.2, 0.25) is 0 Å². The van der Waals surface area contributed by atoms with Crippen LogP contribution < -0.4 is 14.2 Å². The Morgan fingerprint density at radius 2 is 2.00 bits per heavy atom. The lowest BCUT2D eigenvalue weighted by Gasteiger charge is -2.10. The molecular weight excluding hydrogens is 284 g/mol. The van der Waals surface area contributed by atoms with Crippen molar-refractivity contribution in [3.8, 4) is 28.9 Å². The first kappa shape index (κ1) is 14.1. The van der Waals surface area contributed by atoms with Crippen LogP contribution in [0.5, 0.6) is 17.5 Å². The summed E-state index contributed by atoms with van der Waals surface area (Å²) in [5.41, 5.74) is 2.11. The number of nitrogens with one attached hydrogen (secondary N) is 1. The molecule has 0 saturated carbocycles. The Morgan fingerprint density at radius 1 is 1.14 bits per heavy atom. The molecule has 0 saturated heterocycles. The molecule has 0 radical (unpaired) electrons. The number of imidazole rings is 1. The van der Waals surface area contributed by atoms with Gasteiger partial charge in [-0.3, -0.25) is 0 Å². The van der Waals surface area contributed by atoms with Crippen LogP contribution in [-0.2, 0) is 0 Å². The molecule has 0 aliphatic rings. The third-order valence-electron chi connectivity index (χ3n) is 3.14. The normalized spacial score (nSPS) is 10.7. The van der Waals surface area contributed by atoms with Crippen molar-refractivity contribution in [2.24, 2.45) is 0 Å². The van der Waals surface area contributed by atoms with Crippen molar-refractivity contribution >= 4 is 11.2 Å². The summed E-state index contributed by atoms with van der Waals surface area (Å²) in [6.07, 6.45) is 1.64. The highest BCUT2D eigenvalue weighted by Gasteiger charge is 2.13. The van der Waals surface area contributed by atoms with Crippen molar-refractivity contribution in [1.29, 1.82) is 0 Å². The summed E-state index contributed by atoms with van der Waals surface area (Å²) in [5.74, 6) is 2.08. The molecule has 0 amide bonds. The van der Waals surface area contributed by atoms with Gasteiger partial charge in [0.1, 0.15) is 22.8 Å². The fourth-order valence-corrected chi connectivity index (χ4v) is 2.12. The van der Waals surface area contributed by atoms with Gasteiger partial charge >= 0.3 is 6.01 Å². The van der Waals surface area contributed by atoms with Crippen LogP contribution in [0, 0.1) is 0 Å². The molecule has 0 aliphatic carbocycles. The van der Waals surface area contributed by atoms with Crippen LogP contribution in [-0.4, -0.2) is 40.8 Å². The standard InChI is InChI=1S/C15H16N4O3/c1-4-22-12-7-9(20-2)5-6-10(12)13-17-11-8-16-15(21-3)19-14(11)18-13/h5-8H,4H2,1-3H3,(H,16,17,18,19). The lowest BCUT2D eigenvalue weighted by Crippen LogP contribution is -1.96. The van der Waals surface area contributed by atoms with Crippen LogP contribution in [0.3, 0.4) is 0 Å². The Kier molecular flexibility index (Phi) is 3.78. The number of nitrogens with zero attached hydrogens (tertiary/aromatic N) is 3. The third-order valence-corrected chi connectivity index (χ3v) is 3.14. The number of fused-ring (bicyclic) bond motifs is 1. The largest absolute Gasteiger partial charge is 0.497 e. The first-order valence-electron chi connectivity index (χ1n) is 6.83. The monoisotopic (exact) mass is 300 g/mol. The molecule has 0 unspecified atom stereocenters. The van der Waals surface area contributed by atoms with Crippen molar-refractivity contribution in [2.75, 3.05) is 20.8 Å². The predicted octanol–water partition coefficient (Wildman–Crippen LogP) is 2.44. The molecule has 3 rings (SSSR count). The van der Waals surface area contributed by atoms with Crippen LogP contribution in [0.4, 0.5) is 0 Å². The first-order valence-corrected chi connectivity index (χ1v) is 6.83. The van der Waals surface area contributed by atoms with Crippen LogP contribution in [0.2, 0.25) is 0 Å². The molecule has 2 aromatic heterocycles. The molecule has 22 heavy (non-hydrogen) atoms. The number of hydrogen-bond acceptors (Lipinski definition) is 6. The number of aromatic amines is 1. The summed E-state index contributed by atoms with van der Waals surface area (Å²) in [7, 11) is 3.14. The summed E-state index contributed by atoms with van der Waals surface area (Å²) in [5, 5.41) is 0. The number of methoxy groups -OCH3 is 2. The van der Waals surface area contributed by atoms with E-state index in [-0.39, 0.29) is 6.01 Å². The summed E-state index contributed by atoms with van der Waals surface area (Å²) < 4.78 is 15.9. The molecule has 1 aromatic carbocycles. The van der Waals surface area contributed by atoms with Gasteiger partial charge in [0.25, 0.3) is 0 Å². The van der Waals surface area contributed by atoms with E-state index in [9.17, 15) is 0 Å². The van der Waals surface area contributed by atoms with Crippen molar-refractivity contribution in [3.63, 3.8) is 0 Å². The van der Waals surface area contributed by atoms with E-state index in [1.165, 1.54) is 7.11 Å². The zero-order valence-electron chi connectivity index (χ0n) is 12.6. The van der Waals surface area contributed by atoms with E-state index in [4.69, 9.17) is 14.2 Å². The highest BCUT2D eigenvalue weighted by Crippen LogP contribution is 2.32. The molecule has 1 N–H and O–H groups in total. The molecule has 0 atom stereocenters. The number of rotatable bonds is 5. The second-order valence-electron chi connectivity index (χ2n) is 4.47. The number of aromatic nitrogens is 4. The third kappa shape index (κ3) is 2.52. The lowest BCUT2D eigenvalue weighted by molar-refractivity contribution is 0.337. The van der Waals surface area contributed by atoms with E-state index in [0.717, 1.165) is 16.8 Å². The first-order chi connectivity index (χ1) is 10.7. The predicted molar refractivity (Wildman–Crippen MR) is 81.4 cm³/mol. The summed E-state index contributed by atoms with van der Waals surface area (Å²) >= 11 is 0. The average Bonchev–Trinajstić information content (AvgIpc) is 2.97. The number of benzene rings is 1. The zero-order valence-corrected chi connectivity index (χ0v) is 12.6. The fourth-order valence-electron chi connectivity index (χ4n) is 2.12. The van der Waals surface area contributed by atoms with Gasteiger partial charge in [-0.1, -0.05) is 0 Å². The molecular formula is C15H16N4O3. The molecule has 7 heteroatoms. The lowest BCUT2D eigenvalue weighted by atomic mass is 10.2. The minimum atomic E-state index is 0.283. The zero-order chi connectivity index (χ0) is 15.5. The van der Waals surface area contributed by atoms with Gasteiger partial charge in [0.05, 0.1) is 32.6 Å². The fraction of sp³-hybridized carbons (Fsp3) is 0.267. The van der Waals surface area contributed by atoms with Gasteiger partial charge in [-0.15, -0.1) is 0 Å². The number of H-pyrrole nitrogens is 1. The van der Waals surface area contributed by atoms with E-state index in [1.54, 1.807) is 13.3 Å². The molecule has 0 spiro atoms. The molecule has 0 fully saturated rings. The van der Waals surface area contributed by atoms with E-state index >= 15 is 0 Å². The second-order valence-corrected chi connectivity index (χ2v) is 4.47. The van der Waals surface area contributed by atoms with Crippen molar-refractivity contribution in [2.45, 2.75) is 6.92 Å². The van der Waals surface area contributed by atoms with E-state index < -0.39 is 0 Å². The Hall–Kier alpha value is -2.83. The van der Waals surface area contributed by atoms with Crippen molar-refractivity contribution in [3.05, 3.63) is 24.4 Å². The van der Waals surface area contributed by atoms with Crippen LogP contribution in [0.1, 0.15) is 6.92 Å². The SMILES string of the molecule is CCOc1cc(OC)ccc1-c1nc2nc(OC)ncc2[nH]1. The molecule has 7 nitrogen and oxygen atoms in total. The highest BCUT2D eigenvalue weighted by molar-refractivity contribution is 5.77. The Bertz CT molecular complexity index is 801. The van der Waals surface area contributed by atoms with E-state index in [1.807, 2.05) is 25.1 Å². The highest BCUT2D eigenvalue weighted by atomic mass is 16.5. The Balaban J connectivity index is 2.09. The topological polar surface area (TPSA) is 82.2 Å². The average molecular weight is 300 g/mol. The molecule has 0 bridgehead atoms. The van der Waals surface area contributed by atoms with E-state index in [2.05, 4.69) is 19.9 Å². The van der Waals surface area contributed by atoms with Crippen LogP contribution >= 0.6 is 0 Å². The molecule has 114 valence electrons. The van der Waals surface area contributed by atoms with Crippen LogP contribution in [0.15, 0.2) is 24.4 Å². The second kappa shape index (κ2) is 5.88. The van der Waals surface area contributed by atoms with E-state index in [0.29, 0.717) is 23.8 Å². The van der Waals surface area contributed by atoms with Crippen molar-refractivity contribution in [1.82, 2.24) is 19.9 Å². The van der Waals surface area contributed by atoms with Crippen LogP contribution in [0.25, 0.3) is 22.6 Å². The maximum atomic E-state index is 5.67. The summed E-state index contributed by atoms with van der Waals surface area (Å²) in [6, 6.07) is 5.87. The smallest absolute Gasteiger partial charge is 0.318 e. The molecule has 3 aromatic rings. The Labute approximate surface area is 127 Å². The van der Waals surface area contributed by atoms with Gasteiger partial charge in [0.15, 0.2) is 5.65 Å². The minimum absolute atomic E-state index is 0.283. The Morgan fingerprint density at radius 3 is 2.73 bits per heavy atom. The van der Waals surface area contributed by atoms with Gasteiger partial charge in [-0.05, 0) is 19.1 Å². The quantitative estimate of drug-likeness (QED) is 0.779. The van der Waals surface area contributed by atoms with Crippen molar-refractivity contribution < 1.29 is 14.2 Å². The van der Waals surface area contributed by atoms with Gasteiger partial charge in [0, 0.05) is 6.07 Å². The maximum Gasteiger partial charge on any atom is 0.318 e.